The molecule has 0 saturated carbocycles. The second kappa shape index (κ2) is 9.16. The molecule has 0 bridgehead atoms. The second-order valence-electron chi connectivity index (χ2n) is 7.30. The van der Waals surface area contributed by atoms with Gasteiger partial charge >= 0.3 is 0 Å². The van der Waals surface area contributed by atoms with Crippen molar-refractivity contribution in [2.75, 3.05) is 4.90 Å². The third kappa shape index (κ3) is 4.94. The molecule has 158 valence electrons. The van der Waals surface area contributed by atoms with Crippen LogP contribution in [0.4, 0.5) is 13.9 Å². The number of carbonyl (C=O) groups is 1. The van der Waals surface area contributed by atoms with Crippen LogP contribution in [0.15, 0.2) is 71.6 Å². The molecule has 0 radical (unpaired) electrons. The number of benzene rings is 3. The van der Waals surface area contributed by atoms with Crippen LogP contribution >= 0.6 is 23.1 Å². The minimum absolute atomic E-state index is 0.0657. The van der Waals surface area contributed by atoms with Gasteiger partial charge in [-0.3, -0.25) is 9.69 Å². The lowest BCUT2D eigenvalue weighted by Crippen LogP contribution is -2.30. The zero-order valence-corrected chi connectivity index (χ0v) is 18.6. The lowest BCUT2D eigenvalue weighted by atomic mass is 10.1. The molecule has 0 unspecified atom stereocenters. The Morgan fingerprint density at radius 2 is 1.77 bits per heavy atom. The molecule has 1 amide bonds. The number of hydrogen-bond donors (Lipinski definition) is 0. The fourth-order valence-electron chi connectivity index (χ4n) is 3.16. The lowest BCUT2D eigenvalue weighted by Gasteiger charge is -2.20. The van der Waals surface area contributed by atoms with Crippen LogP contribution in [-0.2, 0) is 6.54 Å². The van der Waals surface area contributed by atoms with Gasteiger partial charge in [-0.25, -0.2) is 13.8 Å². The Labute approximate surface area is 187 Å². The Hall–Kier alpha value is -2.77. The van der Waals surface area contributed by atoms with Gasteiger partial charge in [-0.05, 0) is 35.9 Å². The Balaban J connectivity index is 1.72. The number of hydrogen-bond acceptors (Lipinski definition) is 4. The van der Waals surface area contributed by atoms with Crippen molar-refractivity contribution in [1.82, 2.24) is 4.98 Å². The number of aromatic nitrogens is 1. The summed E-state index contributed by atoms with van der Waals surface area (Å²) in [4.78, 5) is 20.4. The average Bonchev–Trinajstić information content (AvgIpc) is 3.16. The van der Waals surface area contributed by atoms with E-state index >= 15 is 0 Å². The molecule has 4 rings (SSSR count). The van der Waals surface area contributed by atoms with E-state index in [0.717, 1.165) is 27.9 Å². The van der Waals surface area contributed by atoms with Crippen molar-refractivity contribution in [3.05, 3.63) is 89.5 Å². The standard InChI is InChI=1S/C24H20F2N2OS2/c1-15(2)30-19-10-8-17(9-11-19)23(29)28(14-16-6-4-3-5-7-16)24-27-22-20(26)12-18(25)13-21(22)31-24/h3-13,15H,14H2,1-2H3. The molecule has 0 fully saturated rings. The highest BCUT2D eigenvalue weighted by Gasteiger charge is 2.23. The van der Waals surface area contributed by atoms with Crippen LogP contribution in [0.3, 0.4) is 0 Å². The second-order valence-corrected chi connectivity index (χ2v) is 9.96. The van der Waals surface area contributed by atoms with Crippen LogP contribution < -0.4 is 4.90 Å². The number of carbonyl (C=O) groups excluding carboxylic acids is 1. The summed E-state index contributed by atoms with van der Waals surface area (Å²) < 4.78 is 28.2. The zero-order valence-electron chi connectivity index (χ0n) is 17.0. The molecular weight excluding hydrogens is 434 g/mol. The fraction of sp³-hybridized carbons (Fsp3) is 0.167. The van der Waals surface area contributed by atoms with E-state index in [4.69, 9.17) is 0 Å². The van der Waals surface area contributed by atoms with Crippen molar-refractivity contribution >= 4 is 44.4 Å². The molecule has 0 N–H and O–H groups in total. The number of rotatable bonds is 6. The van der Waals surface area contributed by atoms with Crippen molar-refractivity contribution in [3.63, 3.8) is 0 Å². The van der Waals surface area contributed by atoms with Gasteiger partial charge < -0.3 is 0 Å². The molecule has 0 aliphatic carbocycles. The number of fused-ring (bicyclic) bond motifs is 1. The summed E-state index contributed by atoms with van der Waals surface area (Å²) in [6, 6.07) is 19.0. The SMILES string of the molecule is CC(C)Sc1ccc(C(=O)N(Cc2ccccc2)c2nc3c(F)cc(F)cc3s2)cc1. The summed E-state index contributed by atoms with van der Waals surface area (Å²) in [5.41, 5.74) is 1.49. The highest BCUT2D eigenvalue weighted by molar-refractivity contribution is 7.99. The van der Waals surface area contributed by atoms with Crippen LogP contribution in [0, 0.1) is 11.6 Å². The van der Waals surface area contributed by atoms with Crippen LogP contribution in [-0.4, -0.2) is 16.1 Å². The first-order chi connectivity index (χ1) is 14.9. The minimum atomic E-state index is -0.736. The van der Waals surface area contributed by atoms with Crippen molar-refractivity contribution < 1.29 is 13.6 Å². The van der Waals surface area contributed by atoms with E-state index in [0.29, 0.717) is 20.6 Å². The monoisotopic (exact) mass is 454 g/mol. The summed E-state index contributed by atoms with van der Waals surface area (Å²) in [6.45, 7) is 4.49. The fourth-order valence-corrected chi connectivity index (χ4v) is 5.00. The minimum Gasteiger partial charge on any atom is -0.279 e. The molecule has 3 aromatic carbocycles. The van der Waals surface area contributed by atoms with Crippen LogP contribution in [0.5, 0.6) is 0 Å². The molecule has 1 heterocycles. The van der Waals surface area contributed by atoms with Gasteiger partial charge in [-0.1, -0.05) is 55.5 Å². The topological polar surface area (TPSA) is 33.2 Å². The van der Waals surface area contributed by atoms with Crippen LogP contribution in [0.2, 0.25) is 0 Å². The highest BCUT2D eigenvalue weighted by atomic mass is 32.2. The van der Waals surface area contributed by atoms with Crippen molar-refractivity contribution in [3.8, 4) is 0 Å². The number of thiazole rings is 1. The largest absolute Gasteiger partial charge is 0.279 e. The van der Waals surface area contributed by atoms with Gasteiger partial charge in [0, 0.05) is 21.8 Å². The molecule has 1 aromatic heterocycles. The maximum absolute atomic E-state index is 14.2. The van der Waals surface area contributed by atoms with Gasteiger partial charge in [-0.15, -0.1) is 11.8 Å². The number of anilines is 1. The molecule has 0 aliphatic heterocycles. The first kappa shape index (κ1) is 21.5. The number of thioether (sulfide) groups is 1. The Kier molecular flexibility index (Phi) is 6.34. The Morgan fingerprint density at radius 1 is 1.06 bits per heavy atom. The zero-order chi connectivity index (χ0) is 22.0. The van der Waals surface area contributed by atoms with Crippen LogP contribution in [0.1, 0.15) is 29.8 Å². The van der Waals surface area contributed by atoms with Crippen LogP contribution in [0.25, 0.3) is 10.2 Å². The quantitative estimate of drug-likeness (QED) is 0.296. The van der Waals surface area contributed by atoms with Gasteiger partial charge in [0.25, 0.3) is 5.91 Å². The number of nitrogens with zero attached hydrogens (tertiary/aromatic N) is 2. The van der Waals surface area contributed by atoms with E-state index in [1.165, 1.54) is 11.0 Å². The normalized spacial score (nSPS) is 11.3. The summed E-state index contributed by atoms with van der Waals surface area (Å²) >= 11 is 2.82. The molecule has 4 aromatic rings. The van der Waals surface area contributed by atoms with E-state index in [1.807, 2.05) is 42.5 Å². The molecular formula is C24H20F2N2OS2. The highest BCUT2D eigenvalue weighted by Crippen LogP contribution is 2.33. The maximum Gasteiger partial charge on any atom is 0.260 e. The molecule has 0 aliphatic rings. The maximum atomic E-state index is 14.2. The van der Waals surface area contributed by atoms with Crippen molar-refractivity contribution in [1.29, 1.82) is 0 Å². The van der Waals surface area contributed by atoms with E-state index in [9.17, 15) is 13.6 Å². The molecule has 7 heteroatoms. The first-order valence-electron chi connectivity index (χ1n) is 9.79. The molecule has 3 nitrogen and oxygen atoms in total. The third-order valence-corrected chi connectivity index (χ3v) is 6.58. The lowest BCUT2D eigenvalue weighted by molar-refractivity contribution is 0.0985. The van der Waals surface area contributed by atoms with Gasteiger partial charge in [-0.2, -0.15) is 0 Å². The van der Waals surface area contributed by atoms with Gasteiger partial charge in [0.05, 0.1) is 11.2 Å². The van der Waals surface area contributed by atoms with E-state index in [2.05, 4.69) is 18.8 Å². The predicted molar refractivity (Wildman–Crippen MR) is 124 cm³/mol. The Bertz CT molecular complexity index is 1210. The third-order valence-electron chi connectivity index (χ3n) is 4.53. The summed E-state index contributed by atoms with van der Waals surface area (Å²) in [5, 5.41) is 0.767. The smallest absolute Gasteiger partial charge is 0.260 e. The van der Waals surface area contributed by atoms with E-state index in [1.54, 1.807) is 23.9 Å². The predicted octanol–water partition coefficient (Wildman–Crippen LogP) is 6.92. The molecule has 31 heavy (non-hydrogen) atoms. The summed E-state index contributed by atoms with van der Waals surface area (Å²) in [5.74, 6) is -1.65. The number of halogens is 2. The van der Waals surface area contributed by atoms with Crippen molar-refractivity contribution in [2.45, 2.75) is 30.5 Å². The van der Waals surface area contributed by atoms with Gasteiger partial charge in [0.15, 0.2) is 10.9 Å². The average molecular weight is 455 g/mol. The van der Waals surface area contributed by atoms with Gasteiger partial charge in [0.2, 0.25) is 0 Å². The molecule has 0 spiro atoms. The van der Waals surface area contributed by atoms with Gasteiger partial charge in [0.1, 0.15) is 11.3 Å². The summed E-state index contributed by atoms with van der Waals surface area (Å²) in [6.07, 6.45) is 0. The van der Waals surface area contributed by atoms with E-state index in [-0.39, 0.29) is 18.0 Å². The number of amides is 1. The first-order valence-corrected chi connectivity index (χ1v) is 11.5. The molecule has 0 atom stereocenters. The van der Waals surface area contributed by atoms with E-state index < -0.39 is 11.6 Å². The molecule has 0 saturated heterocycles. The van der Waals surface area contributed by atoms with Crippen molar-refractivity contribution in [2.24, 2.45) is 0 Å². The Morgan fingerprint density at radius 3 is 2.45 bits per heavy atom. The summed E-state index contributed by atoms with van der Waals surface area (Å²) in [7, 11) is 0.